The van der Waals surface area contributed by atoms with Gasteiger partial charge < -0.3 is 21.9 Å². The predicted molar refractivity (Wildman–Crippen MR) is 70.6 cm³/mol. The molecule has 0 bridgehead atoms. The molecule has 1 rings (SSSR count). The van der Waals surface area contributed by atoms with E-state index in [2.05, 4.69) is 0 Å². The first-order valence-corrected chi connectivity index (χ1v) is 6.00. The highest BCUT2D eigenvalue weighted by Crippen LogP contribution is 2.13. The number of benzene rings is 1. The zero-order valence-corrected chi connectivity index (χ0v) is 10.7. The van der Waals surface area contributed by atoms with E-state index in [4.69, 9.17) is 21.9 Å². The normalized spacial score (nSPS) is 13.6. The Morgan fingerprint density at radius 3 is 2.37 bits per heavy atom. The molecule has 0 radical (unpaired) electrons. The highest BCUT2D eigenvalue weighted by atomic mass is 16.5. The Morgan fingerprint density at radius 2 is 1.84 bits per heavy atom. The van der Waals surface area contributed by atoms with Crippen molar-refractivity contribution >= 4 is 11.9 Å². The molecule has 0 aliphatic heterocycles. The minimum absolute atomic E-state index is 0.0501. The molecule has 1 aromatic carbocycles. The Labute approximate surface area is 111 Å². The lowest BCUT2D eigenvalue weighted by atomic mass is 9.94. The number of carbonyl (C=O) groups is 2. The molecule has 0 heterocycles. The molecule has 0 aliphatic rings. The van der Waals surface area contributed by atoms with Gasteiger partial charge in [-0.3, -0.25) is 4.79 Å². The van der Waals surface area contributed by atoms with Crippen molar-refractivity contribution in [3.05, 3.63) is 35.9 Å². The molecule has 0 aromatic heterocycles. The molecular weight excluding hydrogens is 246 g/mol. The molecule has 0 saturated carbocycles. The minimum Gasteiger partial charge on any atom is -0.459 e. The number of amides is 1. The van der Waals surface area contributed by atoms with Gasteiger partial charge in [-0.1, -0.05) is 30.3 Å². The lowest BCUT2D eigenvalue weighted by Crippen LogP contribution is -2.59. The summed E-state index contributed by atoms with van der Waals surface area (Å²) in [5.41, 5.74) is 15.2. The first-order chi connectivity index (χ1) is 9.00. The molecule has 0 unspecified atom stereocenters. The average molecular weight is 265 g/mol. The molecular formula is C13H19N3O3. The van der Waals surface area contributed by atoms with Gasteiger partial charge in [-0.05, 0) is 24.9 Å². The SMILES string of the molecule is NCCC[C@](N)(C(N)=O)C(=O)OCc1ccccc1. The van der Waals surface area contributed by atoms with Crippen LogP contribution < -0.4 is 17.2 Å². The van der Waals surface area contributed by atoms with E-state index in [0.29, 0.717) is 13.0 Å². The van der Waals surface area contributed by atoms with E-state index in [1.165, 1.54) is 0 Å². The van der Waals surface area contributed by atoms with Crippen molar-refractivity contribution in [3.8, 4) is 0 Å². The van der Waals surface area contributed by atoms with Crippen molar-refractivity contribution in [2.45, 2.75) is 25.0 Å². The number of hydrogen-bond acceptors (Lipinski definition) is 5. The lowest BCUT2D eigenvalue weighted by molar-refractivity contribution is -0.155. The second kappa shape index (κ2) is 6.86. The van der Waals surface area contributed by atoms with Crippen molar-refractivity contribution in [1.29, 1.82) is 0 Å². The van der Waals surface area contributed by atoms with Gasteiger partial charge in [0, 0.05) is 0 Å². The van der Waals surface area contributed by atoms with Crippen LogP contribution in [-0.4, -0.2) is 24.0 Å². The average Bonchev–Trinajstić information content (AvgIpc) is 2.42. The zero-order valence-electron chi connectivity index (χ0n) is 10.7. The molecule has 1 amide bonds. The number of rotatable bonds is 7. The summed E-state index contributed by atoms with van der Waals surface area (Å²) in [7, 11) is 0. The Kier molecular flexibility index (Phi) is 5.47. The molecule has 6 N–H and O–H groups in total. The van der Waals surface area contributed by atoms with Gasteiger partial charge in [-0.25, -0.2) is 4.79 Å². The van der Waals surface area contributed by atoms with Gasteiger partial charge >= 0.3 is 5.97 Å². The van der Waals surface area contributed by atoms with E-state index >= 15 is 0 Å². The summed E-state index contributed by atoms with van der Waals surface area (Å²) in [6, 6.07) is 9.09. The van der Waals surface area contributed by atoms with Crippen LogP contribution in [0.3, 0.4) is 0 Å². The number of carbonyl (C=O) groups excluding carboxylic acids is 2. The molecule has 1 aromatic rings. The van der Waals surface area contributed by atoms with Crippen LogP contribution in [0.15, 0.2) is 30.3 Å². The molecule has 104 valence electrons. The summed E-state index contributed by atoms with van der Waals surface area (Å²) in [5, 5.41) is 0. The van der Waals surface area contributed by atoms with E-state index in [1.807, 2.05) is 18.2 Å². The predicted octanol–water partition coefficient (Wildman–Crippen LogP) is -0.348. The van der Waals surface area contributed by atoms with Gasteiger partial charge in [0.05, 0.1) is 0 Å². The summed E-state index contributed by atoms with van der Waals surface area (Å²) >= 11 is 0. The van der Waals surface area contributed by atoms with Gasteiger partial charge in [0.2, 0.25) is 5.91 Å². The maximum Gasteiger partial charge on any atom is 0.336 e. The summed E-state index contributed by atoms with van der Waals surface area (Å²) in [6.07, 6.45) is 0.492. The van der Waals surface area contributed by atoms with Gasteiger partial charge in [-0.15, -0.1) is 0 Å². The molecule has 6 heteroatoms. The van der Waals surface area contributed by atoms with E-state index in [9.17, 15) is 9.59 Å². The topological polar surface area (TPSA) is 121 Å². The summed E-state index contributed by atoms with van der Waals surface area (Å²) in [4.78, 5) is 23.2. The fraction of sp³-hybridized carbons (Fsp3) is 0.385. The summed E-state index contributed by atoms with van der Waals surface area (Å²) < 4.78 is 5.05. The highest BCUT2D eigenvalue weighted by Gasteiger charge is 2.41. The molecule has 0 aliphatic carbocycles. The van der Waals surface area contributed by atoms with Crippen LogP contribution in [0, 0.1) is 0 Å². The number of esters is 1. The van der Waals surface area contributed by atoms with Crippen molar-refractivity contribution in [1.82, 2.24) is 0 Å². The maximum atomic E-state index is 11.9. The first kappa shape index (κ1) is 15.1. The van der Waals surface area contributed by atoms with E-state index in [-0.39, 0.29) is 13.0 Å². The Morgan fingerprint density at radius 1 is 1.21 bits per heavy atom. The third-order valence-electron chi connectivity index (χ3n) is 2.79. The van der Waals surface area contributed by atoms with Crippen LogP contribution in [0.2, 0.25) is 0 Å². The van der Waals surface area contributed by atoms with Crippen LogP contribution in [0.5, 0.6) is 0 Å². The molecule has 0 saturated heterocycles. The summed E-state index contributed by atoms with van der Waals surface area (Å²) in [6.45, 7) is 0.368. The van der Waals surface area contributed by atoms with Crippen LogP contribution in [-0.2, 0) is 20.9 Å². The first-order valence-electron chi connectivity index (χ1n) is 6.00. The number of nitrogens with two attached hydrogens (primary N) is 3. The van der Waals surface area contributed by atoms with E-state index < -0.39 is 17.4 Å². The number of hydrogen-bond donors (Lipinski definition) is 3. The van der Waals surface area contributed by atoms with Gasteiger partial charge in [0.1, 0.15) is 6.61 Å². The second-order valence-electron chi connectivity index (χ2n) is 4.29. The van der Waals surface area contributed by atoms with Crippen molar-refractivity contribution in [2.24, 2.45) is 17.2 Å². The summed E-state index contributed by atoms with van der Waals surface area (Å²) in [5.74, 6) is -1.73. The fourth-order valence-corrected chi connectivity index (χ4v) is 1.56. The highest BCUT2D eigenvalue weighted by molar-refractivity contribution is 6.06. The monoisotopic (exact) mass is 265 g/mol. The third-order valence-corrected chi connectivity index (χ3v) is 2.79. The molecule has 0 spiro atoms. The van der Waals surface area contributed by atoms with Crippen molar-refractivity contribution in [3.63, 3.8) is 0 Å². The third kappa shape index (κ3) is 4.04. The van der Waals surface area contributed by atoms with Gasteiger partial charge in [0.15, 0.2) is 5.54 Å². The Balaban J connectivity index is 2.65. The van der Waals surface area contributed by atoms with Gasteiger partial charge in [-0.2, -0.15) is 0 Å². The van der Waals surface area contributed by atoms with Gasteiger partial charge in [0.25, 0.3) is 0 Å². The quantitative estimate of drug-likeness (QED) is 0.459. The molecule has 19 heavy (non-hydrogen) atoms. The van der Waals surface area contributed by atoms with Crippen molar-refractivity contribution in [2.75, 3.05) is 6.54 Å². The smallest absolute Gasteiger partial charge is 0.336 e. The zero-order chi connectivity index (χ0) is 14.3. The molecule has 0 fully saturated rings. The van der Waals surface area contributed by atoms with E-state index in [1.54, 1.807) is 12.1 Å². The fourth-order valence-electron chi connectivity index (χ4n) is 1.56. The molecule has 1 atom stereocenters. The Bertz CT molecular complexity index is 436. The van der Waals surface area contributed by atoms with Crippen LogP contribution in [0.1, 0.15) is 18.4 Å². The van der Waals surface area contributed by atoms with Crippen LogP contribution >= 0.6 is 0 Å². The largest absolute Gasteiger partial charge is 0.459 e. The van der Waals surface area contributed by atoms with E-state index in [0.717, 1.165) is 5.56 Å². The minimum atomic E-state index is -1.81. The maximum absolute atomic E-state index is 11.9. The van der Waals surface area contributed by atoms with Crippen molar-refractivity contribution < 1.29 is 14.3 Å². The van der Waals surface area contributed by atoms with Crippen LogP contribution in [0.4, 0.5) is 0 Å². The standard InChI is InChI=1S/C13H19N3O3/c14-8-4-7-13(16,11(15)17)12(18)19-9-10-5-2-1-3-6-10/h1-3,5-6H,4,7-9,14,16H2,(H2,15,17)/t13-/m0/s1. The number of primary amides is 1. The molecule has 6 nitrogen and oxygen atoms in total. The number of ether oxygens (including phenoxy) is 1. The lowest BCUT2D eigenvalue weighted by Gasteiger charge is -2.23. The Hall–Kier alpha value is -1.92. The second-order valence-corrected chi connectivity index (χ2v) is 4.29. The van der Waals surface area contributed by atoms with Crippen LogP contribution in [0.25, 0.3) is 0 Å².